The summed E-state index contributed by atoms with van der Waals surface area (Å²) in [5.41, 5.74) is 14.0. The summed E-state index contributed by atoms with van der Waals surface area (Å²) in [5.74, 6) is 0.708. The molecule has 2 aromatic heterocycles. The van der Waals surface area contributed by atoms with Gasteiger partial charge in [0, 0.05) is 38.7 Å². The Morgan fingerprint density at radius 2 is 1.16 bits per heavy atom. The topological polar surface area (TPSA) is 38.7 Å². The zero-order chi connectivity index (χ0) is 38.5. The van der Waals surface area contributed by atoms with Crippen molar-refractivity contribution in [2.24, 2.45) is 0 Å². The van der Waals surface area contributed by atoms with Crippen molar-refractivity contribution in [2.75, 3.05) is 0 Å². The maximum absolute atomic E-state index is 5.33. The van der Waals surface area contributed by atoms with Crippen LogP contribution >= 0.6 is 11.8 Å². The number of hydrogen-bond donors (Lipinski definition) is 0. The molecule has 3 heterocycles. The summed E-state index contributed by atoms with van der Waals surface area (Å²) in [6.45, 7) is 0. The lowest BCUT2D eigenvalue weighted by Gasteiger charge is -2.32. The fraction of sp³-hybridized carbons (Fsp3) is 0.0556. The van der Waals surface area contributed by atoms with Gasteiger partial charge in [-0.1, -0.05) is 170 Å². The number of nitrogens with zero attached hydrogens (tertiary/aromatic N) is 3. The molecular weight excluding hydrogens is 723 g/mol. The fourth-order valence-electron chi connectivity index (χ4n) is 9.01. The van der Waals surface area contributed by atoms with Crippen LogP contribution in [0.3, 0.4) is 0 Å². The lowest BCUT2D eigenvalue weighted by atomic mass is 9.71. The fourth-order valence-corrected chi connectivity index (χ4v) is 9.91. The van der Waals surface area contributed by atoms with Crippen molar-refractivity contribution in [1.29, 1.82) is 0 Å². The molecule has 4 heteroatoms. The zero-order valence-corrected chi connectivity index (χ0v) is 32.5. The van der Waals surface area contributed by atoms with Crippen LogP contribution in [0, 0.1) is 0 Å². The monoisotopic (exact) mass is 759 g/mol. The molecule has 0 bridgehead atoms. The molecule has 1 aliphatic heterocycles. The van der Waals surface area contributed by atoms with Gasteiger partial charge >= 0.3 is 0 Å². The van der Waals surface area contributed by atoms with Crippen LogP contribution in [0.25, 0.3) is 77.8 Å². The van der Waals surface area contributed by atoms with Gasteiger partial charge in [-0.15, -0.1) is 0 Å². The van der Waals surface area contributed by atoms with Gasteiger partial charge in [-0.3, -0.25) is 4.98 Å². The van der Waals surface area contributed by atoms with Gasteiger partial charge < -0.3 is 0 Å². The molecule has 274 valence electrons. The number of thioether (sulfide) groups is 1. The van der Waals surface area contributed by atoms with Gasteiger partial charge in [-0.05, 0) is 92.7 Å². The minimum atomic E-state index is -0.558. The maximum Gasteiger partial charge on any atom is 0.160 e. The molecule has 0 N–H and O–H groups in total. The van der Waals surface area contributed by atoms with Crippen LogP contribution in [0.2, 0.25) is 0 Å². The molecule has 9 aromatic rings. The number of benzene rings is 7. The molecule has 1 atom stereocenters. The normalized spacial score (nSPS) is 16.8. The summed E-state index contributed by atoms with van der Waals surface area (Å²) in [6.07, 6.45) is 11.0. The largest absolute Gasteiger partial charge is 0.256 e. The number of aromatic nitrogens is 3. The molecule has 3 nitrogen and oxygen atoms in total. The third-order valence-corrected chi connectivity index (χ3v) is 12.7. The van der Waals surface area contributed by atoms with E-state index in [1.807, 2.05) is 30.1 Å². The first-order chi connectivity index (χ1) is 28.7. The van der Waals surface area contributed by atoms with Crippen LogP contribution < -0.4 is 0 Å². The standard InChI is InChI=1S/C54H37N3S/c1-2-11-32-58-51-25-9-8-24-46(51)54(30-10-1)47-33-39(42-22-13-19-37-20-14-31-55-52(37)42)26-28-43(47)44-29-27-40(34-48(44)54)49-35-50(57-53(56-49)38-16-4-3-5-17-38)45-23-12-18-36-15-6-7-21-41(36)45/h3-35H,1-2H2/b30-10+,32-11+. The predicted octanol–water partition coefficient (Wildman–Crippen LogP) is 14.1. The second-order valence-electron chi connectivity index (χ2n) is 15.0. The van der Waals surface area contributed by atoms with Crippen LogP contribution in [-0.2, 0) is 5.41 Å². The van der Waals surface area contributed by atoms with Crippen molar-refractivity contribution >= 4 is 33.4 Å². The lowest BCUT2D eigenvalue weighted by molar-refractivity contribution is 0.777. The zero-order valence-electron chi connectivity index (χ0n) is 31.7. The van der Waals surface area contributed by atoms with Crippen LogP contribution in [-0.4, -0.2) is 15.0 Å². The highest BCUT2D eigenvalue weighted by Crippen LogP contribution is 2.57. The van der Waals surface area contributed by atoms with E-state index < -0.39 is 5.41 Å². The average molecular weight is 760 g/mol. The van der Waals surface area contributed by atoms with Gasteiger partial charge in [-0.25, -0.2) is 9.97 Å². The van der Waals surface area contributed by atoms with E-state index in [0.717, 1.165) is 62.9 Å². The van der Waals surface area contributed by atoms with Crippen molar-refractivity contribution in [3.8, 4) is 56.2 Å². The number of rotatable bonds is 4. The molecule has 7 aromatic carbocycles. The Labute approximate surface area is 342 Å². The summed E-state index contributed by atoms with van der Waals surface area (Å²) >= 11 is 1.81. The van der Waals surface area contributed by atoms with Crippen molar-refractivity contribution in [1.82, 2.24) is 15.0 Å². The quantitative estimate of drug-likeness (QED) is 0.168. The number of fused-ring (bicyclic) bond motifs is 9. The van der Waals surface area contributed by atoms with E-state index in [0.29, 0.717) is 5.82 Å². The molecule has 11 rings (SSSR count). The molecule has 0 saturated carbocycles. The summed E-state index contributed by atoms with van der Waals surface area (Å²) < 4.78 is 0. The summed E-state index contributed by atoms with van der Waals surface area (Å²) in [4.78, 5) is 16.7. The molecule has 1 spiro atoms. The van der Waals surface area contributed by atoms with Crippen LogP contribution in [0.15, 0.2) is 205 Å². The molecule has 0 radical (unpaired) electrons. The van der Waals surface area contributed by atoms with Crippen LogP contribution in [0.4, 0.5) is 0 Å². The Morgan fingerprint density at radius 3 is 2.05 bits per heavy atom. The number of pyridine rings is 1. The van der Waals surface area contributed by atoms with Crippen LogP contribution in [0.5, 0.6) is 0 Å². The minimum absolute atomic E-state index is 0.558. The SMILES string of the molecule is C1=C/Sc2ccccc2C2(/C=C/CC/1)c1cc(-c3cc(-c4cccc5ccccc45)nc(-c4ccccc4)n3)ccc1-c1ccc(-c3cccc4cccnc34)cc12. The van der Waals surface area contributed by atoms with Gasteiger partial charge in [0.1, 0.15) is 0 Å². The third-order valence-electron chi connectivity index (χ3n) is 11.7. The van der Waals surface area contributed by atoms with E-state index in [-0.39, 0.29) is 0 Å². The Morgan fingerprint density at radius 1 is 0.466 bits per heavy atom. The van der Waals surface area contributed by atoms with Crippen molar-refractivity contribution in [3.63, 3.8) is 0 Å². The highest BCUT2D eigenvalue weighted by atomic mass is 32.2. The second-order valence-corrected chi connectivity index (χ2v) is 16.0. The van der Waals surface area contributed by atoms with Gasteiger partial charge in [0.2, 0.25) is 0 Å². The van der Waals surface area contributed by atoms with Gasteiger partial charge in [-0.2, -0.15) is 0 Å². The van der Waals surface area contributed by atoms with E-state index in [4.69, 9.17) is 15.0 Å². The molecule has 1 unspecified atom stereocenters. The van der Waals surface area contributed by atoms with E-state index in [1.165, 1.54) is 43.5 Å². The molecule has 0 fully saturated rings. The van der Waals surface area contributed by atoms with E-state index in [9.17, 15) is 0 Å². The first-order valence-electron chi connectivity index (χ1n) is 19.9. The second kappa shape index (κ2) is 14.3. The number of allylic oxidation sites excluding steroid dienone is 3. The Bertz CT molecular complexity index is 3100. The predicted molar refractivity (Wildman–Crippen MR) is 242 cm³/mol. The summed E-state index contributed by atoms with van der Waals surface area (Å²) in [6, 6.07) is 61.1. The smallest absolute Gasteiger partial charge is 0.160 e. The highest BCUT2D eigenvalue weighted by Gasteiger charge is 2.44. The van der Waals surface area contributed by atoms with Gasteiger partial charge in [0.05, 0.1) is 22.3 Å². The van der Waals surface area contributed by atoms with E-state index in [1.54, 1.807) is 0 Å². The number of hydrogen-bond acceptors (Lipinski definition) is 4. The van der Waals surface area contributed by atoms with Gasteiger partial charge in [0.15, 0.2) is 5.82 Å². The van der Waals surface area contributed by atoms with Crippen molar-refractivity contribution in [2.45, 2.75) is 23.2 Å². The lowest BCUT2D eigenvalue weighted by Crippen LogP contribution is -2.25. The highest BCUT2D eigenvalue weighted by molar-refractivity contribution is 8.02. The summed E-state index contributed by atoms with van der Waals surface area (Å²) in [5, 5.41) is 5.76. The minimum Gasteiger partial charge on any atom is -0.256 e. The van der Waals surface area contributed by atoms with E-state index in [2.05, 4.69) is 181 Å². The van der Waals surface area contributed by atoms with Crippen molar-refractivity contribution in [3.05, 3.63) is 216 Å². The van der Waals surface area contributed by atoms with Gasteiger partial charge in [0.25, 0.3) is 0 Å². The van der Waals surface area contributed by atoms with Crippen LogP contribution in [0.1, 0.15) is 29.5 Å². The van der Waals surface area contributed by atoms with Crippen molar-refractivity contribution < 1.29 is 0 Å². The molecule has 0 saturated heterocycles. The molecule has 0 amide bonds. The Balaban J connectivity index is 1.17. The summed E-state index contributed by atoms with van der Waals surface area (Å²) in [7, 11) is 0. The molecular formula is C54H37N3S. The molecule has 58 heavy (non-hydrogen) atoms. The Kier molecular flexibility index (Phi) is 8.45. The maximum atomic E-state index is 5.33. The first kappa shape index (κ1) is 34.4. The molecule has 1 aliphatic carbocycles. The average Bonchev–Trinajstić information content (AvgIpc) is 3.57. The third kappa shape index (κ3) is 5.71. The Hall–Kier alpha value is -6.88. The molecule has 2 aliphatic rings. The van der Waals surface area contributed by atoms with E-state index >= 15 is 0 Å². The number of para-hydroxylation sites is 1. The first-order valence-corrected chi connectivity index (χ1v) is 20.8.